The van der Waals surface area contributed by atoms with Gasteiger partial charge >= 0.3 is 0 Å². The molecule has 2 atom stereocenters. The Labute approximate surface area is 144 Å². The fraction of sp³-hybridized carbons (Fsp3) is 0.700. The van der Waals surface area contributed by atoms with Crippen LogP contribution in [-0.2, 0) is 13.0 Å². The maximum Gasteiger partial charge on any atom is 0.255 e. The van der Waals surface area contributed by atoms with E-state index in [1.165, 1.54) is 12.8 Å². The van der Waals surface area contributed by atoms with Gasteiger partial charge in [-0.05, 0) is 30.1 Å². The van der Waals surface area contributed by atoms with Gasteiger partial charge < -0.3 is 4.98 Å². The number of rotatable bonds is 3. The SMILES string of the molecule is CC(C)c1nc2c(c(=O)[nH]1)CN(CC1=CCC3CC1C3(C)C)CC2. The first kappa shape index (κ1) is 16.1. The predicted molar refractivity (Wildman–Crippen MR) is 96.0 cm³/mol. The topological polar surface area (TPSA) is 49.0 Å². The molecule has 1 fully saturated rings. The summed E-state index contributed by atoms with van der Waals surface area (Å²) in [5.41, 5.74) is 4.04. The van der Waals surface area contributed by atoms with Gasteiger partial charge in [0.25, 0.3) is 5.56 Å². The number of allylic oxidation sites excluding steroid dienone is 1. The van der Waals surface area contributed by atoms with Gasteiger partial charge in [0, 0.05) is 32.0 Å². The summed E-state index contributed by atoms with van der Waals surface area (Å²) in [4.78, 5) is 22.6. The molecular formula is C20H29N3O. The summed E-state index contributed by atoms with van der Waals surface area (Å²) < 4.78 is 0. The Kier molecular flexibility index (Phi) is 3.72. The van der Waals surface area contributed by atoms with Crippen molar-refractivity contribution < 1.29 is 0 Å². The Morgan fingerprint density at radius 2 is 2.21 bits per heavy atom. The Morgan fingerprint density at radius 3 is 2.88 bits per heavy atom. The first-order valence-electron chi connectivity index (χ1n) is 9.39. The summed E-state index contributed by atoms with van der Waals surface area (Å²) in [6, 6.07) is 0. The molecule has 2 heterocycles. The third-order valence-corrected chi connectivity index (χ3v) is 6.70. The fourth-order valence-electron chi connectivity index (χ4n) is 4.82. The molecule has 1 aliphatic heterocycles. The van der Waals surface area contributed by atoms with Crippen molar-refractivity contribution in [1.82, 2.24) is 14.9 Å². The fourth-order valence-corrected chi connectivity index (χ4v) is 4.82. The van der Waals surface area contributed by atoms with Gasteiger partial charge in [0.2, 0.25) is 0 Å². The standard InChI is InChI=1S/C20H29N3O/c1-12(2)18-21-17-7-8-23(11-15(17)19(24)22-18)10-13-5-6-14-9-16(13)20(14,3)4/h5,12,14,16H,6-11H2,1-4H3,(H,21,22,24). The quantitative estimate of drug-likeness (QED) is 0.867. The molecule has 0 amide bonds. The van der Waals surface area contributed by atoms with Crippen molar-refractivity contribution in [2.75, 3.05) is 13.1 Å². The number of aromatic amines is 1. The highest BCUT2D eigenvalue weighted by Gasteiger charge is 2.51. The highest BCUT2D eigenvalue weighted by Crippen LogP contribution is 2.59. The van der Waals surface area contributed by atoms with Crippen molar-refractivity contribution in [1.29, 1.82) is 0 Å². The Balaban J connectivity index is 1.51. The lowest BCUT2D eigenvalue weighted by Crippen LogP contribution is -2.50. The molecule has 130 valence electrons. The first-order valence-corrected chi connectivity index (χ1v) is 9.39. The summed E-state index contributed by atoms with van der Waals surface area (Å²) in [7, 11) is 0. The maximum absolute atomic E-state index is 12.5. The molecule has 0 spiro atoms. The van der Waals surface area contributed by atoms with Gasteiger partial charge in [-0.3, -0.25) is 9.69 Å². The normalized spacial score (nSPS) is 28.3. The summed E-state index contributed by atoms with van der Waals surface area (Å²) >= 11 is 0. The van der Waals surface area contributed by atoms with Crippen molar-refractivity contribution >= 4 is 0 Å². The number of hydrogen-bond acceptors (Lipinski definition) is 3. The zero-order valence-corrected chi connectivity index (χ0v) is 15.4. The van der Waals surface area contributed by atoms with E-state index in [0.29, 0.717) is 5.41 Å². The zero-order valence-electron chi connectivity index (χ0n) is 15.4. The molecule has 4 heteroatoms. The summed E-state index contributed by atoms with van der Waals surface area (Å²) in [5.74, 6) is 2.72. The van der Waals surface area contributed by atoms with Crippen LogP contribution < -0.4 is 5.56 Å². The second kappa shape index (κ2) is 5.55. The lowest BCUT2D eigenvalue weighted by molar-refractivity contribution is -0.0110. The minimum absolute atomic E-state index is 0.0649. The molecule has 1 aromatic rings. The number of aromatic nitrogens is 2. The second-order valence-electron chi connectivity index (χ2n) is 8.81. The summed E-state index contributed by atoms with van der Waals surface area (Å²) in [6.45, 7) is 11.8. The molecular weight excluding hydrogens is 298 g/mol. The van der Waals surface area contributed by atoms with E-state index in [2.05, 4.69) is 43.7 Å². The van der Waals surface area contributed by atoms with Gasteiger partial charge in [-0.1, -0.05) is 39.3 Å². The van der Waals surface area contributed by atoms with Crippen LogP contribution in [-0.4, -0.2) is 28.0 Å². The minimum Gasteiger partial charge on any atom is -0.310 e. The van der Waals surface area contributed by atoms with Crippen LogP contribution in [0.15, 0.2) is 16.4 Å². The van der Waals surface area contributed by atoms with E-state index < -0.39 is 0 Å². The molecule has 3 aliphatic carbocycles. The van der Waals surface area contributed by atoms with Gasteiger partial charge in [-0.25, -0.2) is 4.98 Å². The van der Waals surface area contributed by atoms with E-state index in [4.69, 9.17) is 4.98 Å². The van der Waals surface area contributed by atoms with E-state index in [1.54, 1.807) is 5.57 Å². The van der Waals surface area contributed by atoms with Gasteiger partial charge in [-0.2, -0.15) is 0 Å². The number of fused-ring (bicyclic) bond motifs is 2. The molecule has 1 N–H and O–H groups in total. The first-order chi connectivity index (χ1) is 11.4. The minimum atomic E-state index is 0.0649. The predicted octanol–water partition coefficient (Wildman–Crippen LogP) is 3.24. The molecule has 4 nitrogen and oxygen atoms in total. The molecule has 2 unspecified atom stereocenters. The number of H-pyrrole nitrogens is 1. The van der Waals surface area contributed by atoms with Crippen molar-refractivity contribution in [2.24, 2.45) is 17.3 Å². The average Bonchev–Trinajstić information content (AvgIpc) is 2.55. The van der Waals surface area contributed by atoms with E-state index in [-0.39, 0.29) is 11.5 Å². The van der Waals surface area contributed by atoms with Gasteiger partial charge in [-0.15, -0.1) is 0 Å². The third-order valence-electron chi connectivity index (χ3n) is 6.70. The Morgan fingerprint density at radius 1 is 1.42 bits per heavy atom. The highest BCUT2D eigenvalue weighted by molar-refractivity contribution is 5.26. The van der Waals surface area contributed by atoms with Crippen LogP contribution in [0, 0.1) is 17.3 Å². The van der Waals surface area contributed by atoms with E-state index in [1.807, 2.05) is 0 Å². The molecule has 0 saturated heterocycles. The van der Waals surface area contributed by atoms with Crippen LogP contribution in [0.25, 0.3) is 0 Å². The van der Waals surface area contributed by atoms with Crippen LogP contribution >= 0.6 is 0 Å². The largest absolute Gasteiger partial charge is 0.310 e. The number of nitrogens with one attached hydrogen (secondary N) is 1. The number of hydrogen-bond donors (Lipinski definition) is 1. The average molecular weight is 327 g/mol. The van der Waals surface area contributed by atoms with Crippen LogP contribution in [0.1, 0.15) is 63.5 Å². The van der Waals surface area contributed by atoms with Gasteiger partial charge in [0.05, 0.1) is 11.3 Å². The van der Waals surface area contributed by atoms with Crippen molar-refractivity contribution in [3.63, 3.8) is 0 Å². The van der Waals surface area contributed by atoms with Crippen LogP contribution in [0.4, 0.5) is 0 Å². The van der Waals surface area contributed by atoms with Crippen molar-refractivity contribution in [3.8, 4) is 0 Å². The van der Waals surface area contributed by atoms with E-state index in [0.717, 1.165) is 55.0 Å². The summed E-state index contributed by atoms with van der Waals surface area (Å²) in [6.07, 6.45) is 5.97. The van der Waals surface area contributed by atoms with Crippen molar-refractivity contribution in [2.45, 2.75) is 59.4 Å². The lowest BCUT2D eigenvalue weighted by Gasteiger charge is -2.57. The maximum atomic E-state index is 12.5. The molecule has 4 aliphatic rings. The lowest BCUT2D eigenvalue weighted by atomic mass is 9.49. The van der Waals surface area contributed by atoms with E-state index >= 15 is 0 Å². The van der Waals surface area contributed by atoms with Crippen molar-refractivity contribution in [3.05, 3.63) is 39.1 Å². The third kappa shape index (κ3) is 2.46. The van der Waals surface area contributed by atoms with Crippen LogP contribution in [0.3, 0.4) is 0 Å². The second-order valence-corrected chi connectivity index (χ2v) is 8.81. The Hall–Kier alpha value is -1.42. The molecule has 1 saturated carbocycles. The van der Waals surface area contributed by atoms with Gasteiger partial charge in [0.1, 0.15) is 5.82 Å². The molecule has 24 heavy (non-hydrogen) atoms. The molecule has 5 rings (SSSR count). The van der Waals surface area contributed by atoms with E-state index in [9.17, 15) is 4.79 Å². The monoisotopic (exact) mass is 327 g/mol. The zero-order chi connectivity index (χ0) is 17.1. The summed E-state index contributed by atoms with van der Waals surface area (Å²) in [5, 5.41) is 0. The smallest absolute Gasteiger partial charge is 0.255 e. The molecule has 2 bridgehead atoms. The van der Waals surface area contributed by atoms with Crippen LogP contribution in [0.2, 0.25) is 0 Å². The van der Waals surface area contributed by atoms with Crippen LogP contribution in [0.5, 0.6) is 0 Å². The molecule has 0 radical (unpaired) electrons. The Bertz CT molecular complexity index is 744. The molecule has 0 aromatic carbocycles. The highest BCUT2D eigenvalue weighted by atomic mass is 16.1. The molecule has 1 aromatic heterocycles. The van der Waals surface area contributed by atoms with Gasteiger partial charge in [0.15, 0.2) is 0 Å². The number of nitrogens with zero attached hydrogens (tertiary/aromatic N) is 2.